The van der Waals surface area contributed by atoms with Gasteiger partial charge in [-0.1, -0.05) is 6.07 Å². The predicted octanol–water partition coefficient (Wildman–Crippen LogP) is 3.97. The Hall–Kier alpha value is -3.80. The van der Waals surface area contributed by atoms with E-state index in [-0.39, 0.29) is 11.8 Å². The number of nitrogen functional groups attached to an aromatic ring is 2. The Morgan fingerprint density at radius 2 is 1.11 bits per heavy atom. The number of anilines is 4. The van der Waals surface area contributed by atoms with Crippen LogP contribution in [0, 0.1) is 13.8 Å². The molecule has 0 aliphatic heterocycles. The second-order valence-electron chi connectivity index (χ2n) is 6.63. The fourth-order valence-electron chi connectivity index (χ4n) is 2.72. The lowest BCUT2D eigenvalue weighted by Crippen LogP contribution is -2.14. The van der Waals surface area contributed by atoms with Crippen molar-refractivity contribution in [1.82, 2.24) is 0 Å². The van der Waals surface area contributed by atoms with Crippen LogP contribution in [0.3, 0.4) is 0 Å². The van der Waals surface area contributed by atoms with Crippen LogP contribution in [0.4, 0.5) is 22.7 Å². The van der Waals surface area contributed by atoms with Gasteiger partial charge in [0.05, 0.1) is 0 Å². The van der Waals surface area contributed by atoms with Crippen molar-refractivity contribution < 1.29 is 9.59 Å². The number of hydrogen-bond donors (Lipinski definition) is 4. The lowest BCUT2D eigenvalue weighted by atomic mass is 10.1. The van der Waals surface area contributed by atoms with E-state index in [2.05, 4.69) is 10.6 Å². The summed E-state index contributed by atoms with van der Waals surface area (Å²) in [4.78, 5) is 24.9. The molecule has 0 aliphatic carbocycles. The van der Waals surface area contributed by atoms with Crippen molar-refractivity contribution >= 4 is 34.6 Å². The summed E-state index contributed by atoms with van der Waals surface area (Å²) in [6.07, 6.45) is 0. The van der Waals surface area contributed by atoms with E-state index >= 15 is 0 Å². The summed E-state index contributed by atoms with van der Waals surface area (Å²) in [7, 11) is 0. The maximum atomic E-state index is 12.5. The third-order valence-corrected chi connectivity index (χ3v) is 4.44. The van der Waals surface area contributed by atoms with Gasteiger partial charge >= 0.3 is 0 Å². The summed E-state index contributed by atoms with van der Waals surface area (Å²) in [5.41, 5.74) is 16.7. The zero-order valence-corrected chi connectivity index (χ0v) is 15.7. The van der Waals surface area contributed by atoms with E-state index in [4.69, 9.17) is 11.5 Å². The van der Waals surface area contributed by atoms with Crippen LogP contribution in [0.15, 0.2) is 60.7 Å². The van der Waals surface area contributed by atoms with E-state index in [9.17, 15) is 9.59 Å². The van der Waals surface area contributed by atoms with Crippen molar-refractivity contribution in [2.75, 3.05) is 22.1 Å². The van der Waals surface area contributed by atoms with Gasteiger partial charge < -0.3 is 22.1 Å². The number of benzene rings is 3. The minimum Gasteiger partial charge on any atom is -0.399 e. The highest BCUT2D eigenvalue weighted by molar-refractivity contribution is 6.06. The van der Waals surface area contributed by atoms with Crippen LogP contribution in [0.25, 0.3) is 0 Å². The average molecular weight is 374 g/mol. The minimum absolute atomic E-state index is 0.249. The number of nitrogens with two attached hydrogens (primary N) is 2. The van der Waals surface area contributed by atoms with Gasteiger partial charge in [0, 0.05) is 33.9 Å². The fraction of sp³-hybridized carbons (Fsp3) is 0.0909. The van der Waals surface area contributed by atoms with E-state index in [0.717, 1.165) is 11.1 Å². The van der Waals surface area contributed by atoms with Crippen molar-refractivity contribution in [1.29, 1.82) is 0 Å². The number of hydrogen-bond acceptors (Lipinski definition) is 4. The van der Waals surface area contributed by atoms with Crippen LogP contribution in [-0.2, 0) is 0 Å². The van der Waals surface area contributed by atoms with Gasteiger partial charge in [0.25, 0.3) is 11.8 Å². The molecule has 0 bridgehead atoms. The molecule has 28 heavy (non-hydrogen) atoms. The molecule has 6 nitrogen and oxygen atoms in total. The predicted molar refractivity (Wildman–Crippen MR) is 114 cm³/mol. The van der Waals surface area contributed by atoms with Crippen LogP contribution in [0.1, 0.15) is 31.8 Å². The zero-order valence-electron chi connectivity index (χ0n) is 15.7. The second-order valence-corrected chi connectivity index (χ2v) is 6.63. The molecule has 6 N–H and O–H groups in total. The van der Waals surface area contributed by atoms with Crippen molar-refractivity contribution in [3.8, 4) is 0 Å². The lowest BCUT2D eigenvalue weighted by Gasteiger charge is -2.10. The number of amides is 2. The van der Waals surface area contributed by atoms with E-state index < -0.39 is 0 Å². The first-order valence-electron chi connectivity index (χ1n) is 8.78. The molecule has 3 aromatic carbocycles. The van der Waals surface area contributed by atoms with Crippen LogP contribution >= 0.6 is 0 Å². The molecular weight excluding hydrogens is 352 g/mol. The summed E-state index contributed by atoms with van der Waals surface area (Å²) >= 11 is 0. The number of carbonyl (C=O) groups is 2. The molecule has 0 fully saturated rings. The zero-order chi connectivity index (χ0) is 20.3. The number of aryl methyl sites for hydroxylation is 2. The highest BCUT2D eigenvalue weighted by Gasteiger charge is 2.10. The Bertz CT molecular complexity index is 979. The molecule has 3 aromatic rings. The molecule has 0 saturated heterocycles. The number of nitrogens with one attached hydrogen (secondary N) is 2. The number of carbonyl (C=O) groups excluding carboxylic acids is 2. The van der Waals surface area contributed by atoms with Gasteiger partial charge in [0.2, 0.25) is 0 Å². The lowest BCUT2D eigenvalue weighted by molar-refractivity contribution is 0.101. The van der Waals surface area contributed by atoms with E-state index in [1.54, 1.807) is 60.7 Å². The van der Waals surface area contributed by atoms with Gasteiger partial charge in [-0.15, -0.1) is 0 Å². The molecule has 0 radical (unpaired) electrons. The Balaban J connectivity index is 1.72. The maximum absolute atomic E-state index is 12.5. The summed E-state index contributed by atoms with van der Waals surface area (Å²) in [6, 6.07) is 17.2. The molecule has 0 aromatic heterocycles. The molecule has 6 heteroatoms. The summed E-state index contributed by atoms with van der Waals surface area (Å²) in [6.45, 7) is 3.70. The van der Waals surface area contributed by atoms with Crippen molar-refractivity contribution in [2.45, 2.75) is 13.8 Å². The van der Waals surface area contributed by atoms with Gasteiger partial charge in [-0.3, -0.25) is 9.59 Å². The first-order valence-corrected chi connectivity index (χ1v) is 8.78. The van der Waals surface area contributed by atoms with Gasteiger partial charge in [0.15, 0.2) is 0 Å². The van der Waals surface area contributed by atoms with Crippen LogP contribution in [0.5, 0.6) is 0 Å². The summed E-state index contributed by atoms with van der Waals surface area (Å²) < 4.78 is 0. The van der Waals surface area contributed by atoms with E-state index in [1.165, 1.54) is 0 Å². The molecule has 0 heterocycles. The van der Waals surface area contributed by atoms with Gasteiger partial charge in [-0.2, -0.15) is 0 Å². The van der Waals surface area contributed by atoms with Crippen LogP contribution in [0.2, 0.25) is 0 Å². The topological polar surface area (TPSA) is 110 Å². The third kappa shape index (κ3) is 4.29. The molecular formula is C22H22N4O2. The average Bonchev–Trinajstić information content (AvgIpc) is 2.66. The molecule has 2 amide bonds. The Kier molecular flexibility index (Phi) is 5.31. The largest absolute Gasteiger partial charge is 0.399 e. The highest BCUT2D eigenvalue weighted by atomic mass is 16.2. The molecule has 0 unspecified atom stereocenters. The van der Waals surface area contributed by atoms with Gasteiger partial charge in [-0.25, -0.2) is 0 Å². The molecule has 0 saturated carbocycles. The SMILES string of the molecule is Cc1cc(C(=O)Nc2cccc(NC(=O)c3ccc(N)c(C)c3)c2)ccc1N. The molecule has 0 spiro atoms. The normalized spacial score (nSPS) is 10.4. The van der Waals surface area contributed by atoms with E-state index in [0.29, 0.717) is 33.9 Å². The second kappa shape index (κ2) is 7.84. The fourth-order valence-corrected chi connectivity index (χ4v) is 2.72. The third-order valence-electron chi connectivity index (χ3n) is 4.44. The molecule has 142 valence electrons. The maximum Gasteiger partial charge on any atom is 0.255 e. The highest BCUT2D eigenvalue weighted by Crippen LogP contribution is 2.19. The first-order chi connectivity index (χ1) is 13.3. The van der Waals surface area contributed by atoms with Crippen LogP contribution < -0.4 is 22.1 Å². The van der Waals surface area contributed by atoms with Gasteiger partial charge in [0.1, 0.15) is 0 Å². The van der Waals surface area contributed by atoms with Gasteiger partial charge in [-0.05, 0) is 79.6 Å². The minimum atomic E-state index is -0.249. The molecule has 0 atom stereocenters. The Morgan fingerprint density at radius 1 is 0.679 bits per heavy atom. The standard InChI is InChI=1S/C22H22N4O2/c1-13-10-15(6-8-19(13)23)21(27)25-17-4-3-5-18(12-17)26-22(28)16-7-9-20(24)14(2)11-16/h3-12H,23-24H2,1-2H3,(H,25,27)(H,26,28). The molecule has 0 aliphatic rings. The Labute approximate surface area is 163 Å². The smallest absolute Gasteiger partial charge is 0.255 e. The van der Waals surface area contributed by atoms with Crippen LogP contribution in [-0.4, -0.2) is 11.8 Å². The summed E-state index contributed by atoms with van der Waals surface area (Å²) in [5.74, 6) is -0.499. The summed E-state index contributed by atoms with van der Waals surface area (Å²) in [5, 5.41) is 5.65. The molecule has 3 rings (SSSR count). The van der Waals surface area contributed by atoms with Crippen molar-refractivity contribution in [3.63, 3.8) is 0 Å². The number of rotatable bonds is 4. The monoisotopic (exact) mass is 374 g/mol. The van der Waals surface area contributed by atoms with Crippen molar-refractivity contribution in [3.05, 3.63) is 82.9 Å². The first kappa shape index (κ1) is 19.0. The van der Waals surface area contributed by atoms with E-state index in [1.807, 2.05) is 13.8 Å². The Morgan fingerprint density at radius 3 is 1.50 bits per heavy atom. The quantitative estimate of drug-likeness (QED) is 0.518. The van der Waals surface area contributed by atoms with Crippen molar-refractivity contribution in [2.24, 2.45) is 0 Å².